The zero-order valence-electron chi connectivity index (χ0n) is 5.09. The molecule has 2 unspecified atom stereocenters. The molecule has 0 aromatic rings. The third-order valence-corrected chi connectivity index (χ3v) is 2.23. The highest BCUT2D eigenvalue weighted by Crippen LogP contribution is 2.43. The number of allylic oxidation sites excluding steroid dienone is 4. The highest BCUT2D eigenvalue weighted by molar-refractivity contribution is 5.34. The van der Waals surface area contributed by atoms with E-state index in [-0.39, 0.29) is 0 Å². The first-order chi connectivity index (χ1) is 3.88. The monoisotopic (exact) mass is 106 g/mol. The molecule has 0 N–H and O–H groups in total. The summed E-state index contributed by atoms with van der Waals surface area (Å²) in [5.74, 6) is 1.77. The standard InChI is InChI=1S/C8H10/c1-6-5-7-3-2-4-8(6)7/h2-4,6,8H,5H2,1H3. The van der Waals surface area contributed by atoms with Crippen LogP contribution in [0.5, 0.6) is 0 Å². The topological polar surface area (TPSA) is 0 Å². The van der Waals surface area contributed by atoms with Crippen molar-refractivity contribution in [3.8, 4) is 0 Å². The summed E-state index contributed by atoms with van der Waals surface area (Å²) in [5.41, 5.74) is 1.65. The van der Waals surface area contributed by atoms with Gasteiger partial charge in [0.1, 0.15) is 0 Å². The second-order valence-electron chi connectivity index (χ2n) is 2.83. The van der Waals surface area contributed by atoms with Gasteiger partial charge in [0.05, 0.1) is 0 Å². The molecule has 42 valence electrons. The molecule has 0 saturated heterocycles. The lowest BCUT2D eigenvalue weighted by Crippen LogP contribution is -2.22. The van der Waals surface area contributed by atoms with Crippen molar-refractivity contribution in [3.63, 3.8) is 0 Å². The molecular formula is C8H10. The number of hydrogen-bond acceptors (Lipinski definition) is 0. The smallest absolute Gasteiger partial charge is 0.00118 e. The fourth-order valence-electron chi connectivity index (χ4n) is 1.63. The summed E-state index contributed by atoms with van der Waals surface area (Å²) in [6, 6.07) is 0. The van der Waals surface area contributed by atoms with Crippen molar-refractivity contribution in [2.24, 2.45) is 11.8 Å². The van der Waals surface area contributed by atoms with Crippen molar-refractivity contribution in [3.05, 3.63) is 23.8 Å². The summed E-state index contributed by atoms with van der Waals surface area (Å²) in [6.07, 6.45) is 8.09. The van der Waals surface area contributed by atoms with Crippen molar-refractivity contribution in [1.29, 1.82) is 0 Å². The molecule has 0 heteroatoms. The molecule has 0 spiro atoms. The normalized spacial score (nSPS) is 40.9. The van der Waals surface area contributed by atoms with Gasteiger partial charge in [-0.25, -0.2) is 0 Å². The number of rotatable bonds is 0. The Bertz CT molecular complexity index is 163. The average molecular weight is 106 g/mol. The van der Waals surface area contributed by atoms with Crippen molar-refractivity contribution >= 4 is 0 Å². The summed E-state index contributed by atoms with van der Waals surface area (Å²) in [7, 11) is 0. The van der Waals surface area contributed by atoms with Crippen LogP contribution in [0.3, 0.4) is 0 Å². The molecular weight excluding hydrogens is 96.1 g/mol. The minimum Gasteiger partial charge on any atom is -0.0771 e. The van der Waals surface area contributed by atoms with Crippen molar-refractivity contribution < 1.29 is 0 Å². The molecule has 0 radical (unpaired) electrons. The van der Waals surface area contributed by atoms with Crippen LogP contribution >= 0.6 is 0 Å². The highest BCUT2D eigenvalue weighted by Gasteiger charge is 2.31. The third-order valence-electron chi connectivity index (χ3n) is 2.23. The molecule has 0 aliphatic heterocycles. The maximum Gasteiger partial charge on any atom is 0.00118 e. The average Bonchev–Trinajstić information content (AvgIpc) is 2.09. The minimum atomic E-state index is 0.843. The second kappa shape index (κ2) is 1.25. The van der Waals surface area contributed by atoms with Gasteiger partial charge in [0, 0.05) is 5.92 Å². The molecule has 0 amide bonds. The van der Waals surface area contributed by atoms with Crippen molar-refractivity contribution in [2.75, 3.05) is 0 Å². The van der Waals surface area contributed by atoms with Gasteiger partial charge < -0.3 is 0 Å². The van der Waals surface area contributed by atoms with Gasteiger partial charge in [0.25, 0.3) is 0 Å². The van der Waals surface area contributed by atoms with Crippen LogP contribution in [-0.2, 0) is 0 Å². The van der Waals surface area contributed by atoms with Crippen LogP contribution < -0.4 is 0 Å². The molecule has 2 aliphatic carbocycles. The molecule has 1 fully saturated rings. The van der Waals surface area contributed by atoms with Crippen LogP contribution in [0, 0.1) is 11.8 Å². The van der Waals surface area contributed by atoms with Crippen molar-refractivity contribution in [2.45, 2.75) is 13.3 Å². The Morgan fingerprint density at radius 2 is 2.50 bits per heavy atom. The first kappa shape index (κ1) is 4.37. The molecule has 8 heavy (non-hydrogen) atoms. The van der Waals surface area contributed by atoms with Crippen LogP contribution in [0.15, 0.2) is 23.8 Å². The zero-order chi connectivity index (χ0) is 5.56. The van der Waals surface area contributed by atoms with E-state index in [1.54, 1.807) is 5.57 Å². The number of fused-ring (bicyclic) bond motifs is 1. The van der Waals surface area contributed by atoms with Gasteiger partial charge >= 0.3 is 0 Å². The molecule has 2 atom stereocenters. The van der Waals surface area contributed by atoms with Crippen LogP contribution in [0.25, 0.3) is 0 Å². The fraction of sp³-hybridized carbons (Fsp3) is 0.500. The quantitative estimate of drug-likeness (QED) is 0.444. The zero-order valence-corrected chi connectivity index (χ0v) is 5.09. The van der Waals surface area contributed by atoms with Gasteiger partial charge in [-0.2, -0.15) is 0 Å². The Hall–Kier alpha value is -0.520. The van der Waals surface area contributed by atoms with Gasteiger partial charge in [-0.1, -0.05) is 30.7 Å². The summed E-state index contributed by atoms with van der Waals surface area (Å²) in [6.45, 7) is 2.32. The second-order valence-corrected chi connectivity index (χ2v) is 2.83. The van der Waals surface area contributed by atoms with Crippen LogP contribution in [-0.4, -0.2) is 0 Å². The van der Waals surface area contributed by atoms with E-state index in [0.717, 1.165) is 11.8 Å². The van der Waals surface area contributed by atoms with Gasteiger partial charge in [-0.3, -0.25) is 0 Å². The van der Waals surface area contributed by atoms with E-state index in [1.807, 2.05) is 0 Å². The first-order valence-electron chi connectivity index (χ1n) is 3.25. The SMILES string of the molecule is CC1CC2=CC=CC21. The molecule has 1 saturated carbocycles. The Balaban J connectivity index is 2.25. The van der Waals surface area contributed by atoms with Crippen LogP contribution in [0.4, 0.5) is 0 Å². The van der Waals surface area contributed by atoms with E-state index in [1.165, 1.54) is 6.42 Å². The van der Waals surface area contributed by atoms with E-state index in [4.69, 9.17) is 0 Å². The Kier molecular flexibility index (Phi) is 0.682. The minimum absolute atomic E-state index is 0.843. The summed E-state index contributed by atoms with van der Waals surface area (Å²) in [4.78, 5) is 0. The van der Waals surface area contributed by atoms with Crippen LogP contribution in [0.2, 0.25) is 0 Å². The fourth-order valence-corrected chi connectivity index (χ4v) is 1.63. The lowest BCUT2D eigenvalue weighted by Gasteiger charge is -2.32. The molecule has 0 heterocycles. The molecule has 0 aromatic carbocycles. The van der Waals surface area contributed by atoms with E-state index in [9.17, 15) is 0 Å². The molecule has 0 bridgehead atoms. The van der Waals surface area contributed by atoms with E-state index in [0.29, 0.717) is 0 Å². The summed E-state index contributed by atoms with van der Waals surface area (Å²) in [5, 5.41) is 0. The van der Waals surface area contributed by atoms with E-state index >= 15 is 0 Å². The van der Waals surface area contributed by atoms with Gasteiger partial charge in [-0.05, 0) is 12.3 Å². The maximum atomic E-state index is 2.32. The van der Waals surface area contributed by atoms with Gasteiger partial charge in [0.15, 0.2) is 0 Å². The maximum absolute atomic E-state index is 2.32. The Labute approximate surface area is 49.9 Å². The molecule has 0 aromatic heterocycles. The summed E-state index contributed by atoms with van der Waals surface area (Å²) >= 11 is 0. The molecule has 0 nitrogen and oxygen atoms in total. The Morgan fingerprint density at radius 3 is 3.00 bits per heavy atom. The lowest BCUT2D eigenvalue weighted by molar-refractivity contribution is 0.368. The Morgan fingerprint density at radius 1 is 1.62 bits per heavy atom. The van der Waals surface area contributed by atoms with Gasteiger partial charge in [-0.15, -0.1) is 0 Å². The van der Waals surface area contributed by atoms with E-state index in [2.05, 4.69) is 25.2 Å². The largest absolute Gasteiger partial charge is 0.0771 e. The highest BCUT2D eigenvalue weighted by atomic mass is 14.4. The predicted molar refractivity (Wildman–Crippen MR) is 34.5 cm³/mol. The summed E-state index contributed by atoms with van der Waals surface area (Å²) < 4.78 is 0. The molecule has 2 rings (SSSR count). The molecule has 2 aliphatic rings. The number of hydrogen-bond donors (Lipinski definition) is 0. The van der Waals surface area contributed by atoms with Gasteiger partial charge in [0.2, 0.25) is 0 Å². The van der Waals surface area contributed by atoms with E-state index < -0.39 is 0 Å². The first-order valence-corrected chi connectivity index (χ1v) is 3.25. The van der Waals surface area contributed by atoms with Crippen molar-refractivity contribution in [1.82, 2.24) is 0 Å². The lowest BCUT2D eigenvalue weighted by atomic mass is 9.72. The van der Waals surface area contributed by atoms with Crippen LogP contribution in [0.1, 0.15) is 13.3 Å². The predicted octanol–water partition coefficient (Wildman–Crippen LogP) is 2.14. The third kappa shape index (κ3) is 0.360.